The van der Waals surface area contributed by atoms with E-state index >= 15 is 0 Å². The third-order valence-corrected chi connectivity index (χ3v) is 3.11. The van der Waals surface area contributed by atoms with Crippen LogP contribution in [-0.2, 0) is 14.4 Å². The average molecular weight is 185 g/mol. The van der Waals surface area contributed by atoms with Crippen LogP contribution >= 0.6 is 0 Å². The minimum absolute atomic E-state index is 0.0972. The molecule has 1 saturated carbocycles. The first kappa shape index (κ1) is 8.97. The molecule has 1 aliphatic carbocycles. The zero-order valence-corrected chi connectivity index (χ0v) is 8.08. The number of rotatable bonds is 2. The van der Waals surface area contributed by atoms with Crippen molar-refractivity contribution in [2.45, 2.75) is 12.8 Å². The summed E-state index contributed by atoms with van der Waals surface area (Å²) in [5.74, 6) is 0.258. The number of nitrogens with zero attached hydrogens (tertiary/aromatic N) is 1. The molecule has 0 bridgehead atoms. The monoisotopic (exact) mass is 185 g/mol. The second-order valence-electron chi connectivity index (χ2n) is 4.12. The Morgan fingerprint density at radius 1 is 1.54 bits per heavy atom. The normalized spacial score (nSPS) is 25.1. The third kappa shape index (κ3) is 1.34. The number of hydrogen-bond donors (Lipinski definition) is 0. The predicted molar refractivity (Wildman–Crippen MR) is 45.8 cm³/mol. The molecule has 4 nitrogen and oxygen atoms in total. The van der Waals surface area contributed by atoms with Crippen LogP contribution in [0.1, 0.15) is 12.8 Å². The van der Waals surface area contributed by atoms with E-state index in [0.717, 1.165) is 26.1 Å². The number of carbonyl (C=O) groups is 1. The highest BCUT2D eigenvalue weighted by Crippen LogP contribution is 2.51. The van der Waals surface area contributed by atoms with Crippen molar-refractivity contribution in [2.75, 3.05) is 27.4 Å². The number of hydroxylamine groups is 2. The molecule has 2 rings (SSSR count). The van der Waals surface area contributed by atoms with Crippen LogP contribution in [0.5, 0.6) is 0 Å². The standard InChI is InChI=1S/C9H15NO3/c1-10(12-2)8(11)7-3-9(4-7)5-13-6-9/h7H,3-6H2,1-2H3. The molecule has 1 saturated heterocycles. The maximum atomic E-state index is 11.5. The smallest absolute Gasteiger partial charge is 0.248 e. The summed E-state index contributed by atoms with van der Waals surface area (Å²) in [6, 6.07) is 0. The molecule has 2 fully saturated rings. The van der Waals surface area contributed by atoms with E-state index in [0.29, 0.717) is 5.41 Å². The molecule has 0 aromatic carbocycles. The molecule has 4 heteroatoms. The highest BCUT2D eigenvalue weighted by Gasteiger charge is 2.52. The first-order valence-electron chi connectivity index (χ1n) is 4.56. The van der Waals surface area contributed by atoms with Gasteiger partial charge in [0.05, 0.1) is 20.3 Å². The lowest BCUT2D eigenvalue weighted by atomic mass is 9.60. The van der Waals surface area contributed by atoms with Crippen LogP contribution in [0.25, 0.3) is 0 Å². The first-order chi connectivity index (χ1) is 6.17. The van der Waals surface area contributed by atoms with Crippen LogP contribution in [0.2, 0.25) is 0 Å². The van der Waals surface area contributed by atoms with Crippen LogP contribution in [0.3, 0.4) is 0 Å². The zero-order valence-electron chi connectivity index (χ0n) is 8.08. The van der Waals surface area contributed by atoms with Crippen molar-refractivity contribution in [3.05, 3.63) is 0 Å². The van der Waals surface area contributed by atoms with Crippen molar-refractivity contribution >= 4 is 5.91 Å². The van der Waals surface area contributed by atoms with Gasteiger partial charge in [-0.25, -0.2) is 5.06 Å². The lowest BCUT2D eigenvalue weighted by molar-refractivity contribution is -0.206. The molecular weight excluding hydrogens is 170 g/mol. The Kier molecular flexibility index (Phi) is 2.04. The number of ether oxygens (including phenoxy) is 1. The largest absolute Gasteiger partial charge is 0.380 e. The van der Waals surface area contributed by atoms with Gasteiger partial charge in [0, 0.05) is 18.4 Å². The van der Waals surface area contributed by atoms with Crippen molar-refractivity contribution in [1.82, 2.24) is 5.06 Å². The van der Waals surface area contributed by atoms with E-state index in [-0.39, 0.29) is 11.8 Å². The zero-order chi connectivity index (χ0) is 9.47. The number of hydrogen-bond acceptors (Lipinski definition) is 3. The summed E-state index contributed by atoms with van der Waals surface area (Å²) in [4.78, 5) is 16.4. The van der Waals surface area contributed by atoms with Crippen molar-refractivity contribution in [2.24, 2.45) is 11.3 Å². The Hall–Kier alpha value is -0.610. The molecule has 0 unspecified atom stereocenters. The van der Waals surface area contributed by atoms with Gasteiger partial charge in [-0.1, -0.05) is 0 Å². The molecule has 0 aromatic heterocycles. The molecule has 1 aliphatic heterocycles. The third-order valence-electron chi connectivity index (χ3n) is 3.11. The van der Waals surface area contributed by atoms with Crippen molar-refractivity contribution < 1.29 is 14.4 Å². The van der Waals surface area contributed by atoms with Crippen molar-refractivity contribution in [3.8, 4) is 0 Å². The van der Waals surface area contributed by atoms with E-state index in [4.69, 9.17) is 9.57 Å². The molecule has 0 radical (unpaired) electrons. The summed E-state index contributed by atoms with van der Waals surface area (Å²) in [5.41, 5.74) is 0.356. The summed E-state index contributed by atoms with van der Waals surface area (Å²) in [6.45, 7) is 1.68. The highest BCUT2D eigenvalue weighted by atomic mass is 16.7. The molecule has 0 N–H and O–H groups in total. The quantitative estimate of drug-likeness (QED) is 0.586. The minimum atomic E-state index is 0.0972. The number of carbonyl (C=O) groups excluding carboxylic acids is 1. The van der Waals surface area contributed by atoms with E-state index in [9.17, 15) is 4.79 Å². The fourth-order valence-electron chi connectivity index (χ4n) is 2.13. The Balaban J connectivity index is 1.82. The molecule has 1 amide bonds. The lowest BCUT2D eigenvalue weighted by Gasteiger charge is -2.52. The predicted octanol–water partition coefficient (Wildman–Crippen LogP) is 0.433. The van der Waals surface area contributed by atoms with Crippen molar-refractivity contribution in [1.29, 1.82) is 0 Å². The fraction of sp³-hybridized carbons (Fsp3) is 0.889. The van der Waals surface area contributed by atoms with Crippen LogP contribution in [0.15, 0.2) is 0 Å². The Bertz CT molecular complexity index is 217. The summed E-state index contributed by atoms with van der Waals surface area (Å²) >= 11 is 0. The summed E-state index contributed by atoms with van der Waals surface area (Å²) in [7, 11) is 3.17. The Labute approximate surface area is 77.7 Å². The van der Waals surface area contributed by atoms with Gasteiger partial charge in [-0.3, -0.25) is 9.63 Å². The van der Waals surface area contributed by atoms with E-state index in [1.807, 2.05) is 0 Å². The van der Waals surface area contributed by atoms with Gasteiger partial charge < -0.3 is 4.74 Å². The Morgan fingerprint density at radius 2 is 2.15 bits per heavy atom. The van der Waals surface area contributed by atoms with Gasteiger partial charge >= 0.3 is 0 Å². The van der Waals surface area contributed by atoms with Gasteiger partial charge in [-0.2, -0.15) is 0 Å². The van der Waals surface area contributed by atoms with Crippen LogP contribution < -0.4 is 0 Å². The highest BCUT2D eigenvalue weighted by molar-refractivity contribution is 5.78. The second kappa shape index (κ2) is 2.96. The molecular formula is C9H15NO3. The molecule has 2 aliphatic rings. The molecule has 74 valence electrons. The van der Waals surface area contributed by atoms with Gasteiger partial charge in [-0.05, 0) is 12.8 Å². The fourth-order valence-corrected chi connectivity index (χ4v) is 2.13. The molecule has 13 heavy (non-hydrogen) atoms. The minimum Gasteiger partial charge on any atom is -0.380 e. The molecule has 0 aromatic rings. The van der Waals surface area contributed by atoms with E-state index < -0.39 is 0 Å². The van der Waals surface area contributed by atoms with Crippen LogP contribution in [0, 0.1) is 11.3 Å². The van der Waals surface area contributed by atoms with E-state index in [2.05, 4.69) is 0 Å². The van der Waals surface area contributed by atoms with Gasteiger partial charge in [0.2, 0.25) is 5.91 Å². The topological polar surface area (TPSA) is 38.8 Å². The summed E-state index contributed by atoms with van der Waals surface area (Å²) < 4.78 is 5.14. The summed E-state index contributed by atoms with van der Waals surface area (Å²) in [6.07, 6.45) is 1.94. The van der Waals surface area contributed by atoms with Gasteiger partial charge in [0.15, 0.2) is 0 Å². The first-order valence-corrected chi connectivity index (χ1v) is 4.56. The van der Waals surface area contributed by atoms with Crippen LogP contribution in [-0.4, -0.2) is 38.3 Å². The Morgan fingerprint density at radius 3 is 2.54 bits per heavy atom. The number of amides is 1. The average Bonchev–Trinajstić information content (AvgIpc) is 1.97. The van der Waals surface area contributed by atoms with E-state index in [1.165, 1.54) is 12.2 Å². The second-order valence-corrected chi connectivity index (χ2v) is 4.12. The van der Waals surface area contributed by atoms with Gasteiger partial charge in [0.25, 0.3) is 0 Å². The molecule has 1 spiro atoms. The van der Waals surface area contributed by atoms with Gasteiger partial charge in [-0.15, -0.1) is 0 Å². The summed E-state index contributed by atoms with van der Waals surface area (Å²) in [5, 5.41) is 1.32. The SMILES string of the molecule is CON(C)C(=O)C1CC2(COC2)C1. The molecule has 1 heterocycles. The maximum absolute atomic E-state index is 11.5. The molecule has 0 atom stereocenters. The van der Waals surface area contributed by atoms with E-state index in [1.54, 1.807) is 7.05 Å². The van der Waals surface area contributed by atoms with Crippen molar-refractivity contribution in [3.63, 3.8) is 0 Å². The maximum Gasteiger partial charge on any atom is 0.248 e. The lowest BCUT2D eigenvalue weighted by Crippen LogP contribution is -2.55. The van der Waals surface area contributed by atoms with Gasteiger partial charge in [0.1, 0.15) is 0 Å². The van der Waals surface area contributed by atoms with Crippen LogP contribution in [0.4, 0.5) is 0 Å².